The first-order valence-electron chi connectivity index (χ1n) is 6.98. The molecule has 1 aromatic heterocycles. The van der Waals surface area contributed by atoms with Gasteiger partial charge >= 0.3 is 5.88 Å². The van der Waals surface area contributed by atoms with Crippen LogP contribution in [0.2, 0.25) is 0 Å². The van der Waals surface area contributed by atoms with Gasteiger partial charge in [0.1, 0.15) is 10.7 Å². The second-order valence-corrected chi connectivity index (χ2v) is 4.64. The van der Waals surface area contributed by atoms with E-state index in [0.717, 1.165) is 12.3 Å². The molecule has 2 N–H and O–H groups in total. The lowest BCUT2D eigenvalue weighted by atomic mass is 10.2. The van der Waals surface area contributed by atoms with Gasteiger partial charge in [0.05, 0.1) is 25.9 Å². The summed E-state index contributed by atoms with van der Waals surface area (Å²) < 4.78 is 9.84. The summed E-state index contributed by atoms with van der Waals surface area (Å²) >= 11 is 0. The van der Waals surface area contributed by atoms with Gasteiger partial charge in [-0.1, -0.05) is 6.07 Å². The third-order valence-corrected chi connectivity index (χ3v) is 2.92. The predicted octanol–water partition coefficient (Wildman–Crippen LogP) is 1.08. The molecule has 130 valence electrons. The average Bonchev–Trinajstić information content (AvgIpc) is 3.09. The van der Waals surface area contributed by atoms with Crippen LogP contribution in [0, 0.1) is 10.1 Å². The van der Waals surface area contributed by atoms with E-state index < -0.39 is 22.6 Å². The molecule has 10 nitrogen and oxygen atoms in total. The number of nitrogens with zero attached hydrogens (tertiary/aromatic N) is 2. The van der Waals surface area contributed by atoms with Crippen LogP contribution < -0.4 is 15.5 Å². The first-order valence-corrected chi connectivity index (χ1v) is 6.98. The zero-order chi connectivity index (χ0) is 18.2. The molecule has 25 heavy (non-hydrogen) atoms. The second kappa shape index (κ2) is 8.24. The zero-order valence-corrected chi connectivity index (χ0v) is 13.1. The smallest absolute Gasteiger partial charge is 0.433 e. The number of amides is 2. The SMILES string of the molecule is COc1cccc(C(=O)NCC(=O)N/N=C\c2ccc([N+](=O)[O-])o2)c1. The topological polar surface area (TPSA) is 136 Å². The number of hydrogen-bond acceptors (Lipinski definition) is 7. The molecule has 2 rings (SSSR count). The number of methoxy groups -OCH3 is 1. The van der Waals surface area contributed by atoms with Gasteiger partial charge in [-0.2, -0.15) is 5.10 Å². The number of nitro groups is 1. The van der Waals surface area contributed by atoms with Crippen molar-refractivity contribution in [2.24, 2.45) is 5.10 Å². The molecule has 1 heterocycles. The largest absolute Gasteiger partial charge is 0.497 e. The van der Waals surface area contributed by atoms with E-state index in [9.17, 15) is 19.7 Å². The third-order valence-electron chi connectivity index (χ3n) is 2.92. The molecule has 0 fully saturated rings. The summed E-state index contributed by atoms with van der Waals surface area (Å²) in [6.45, 7) is -0.300. The summed E-state index contributed by atoms with van der Waals surface area (Å²) in [6.07, 6.45) is 1.11. The maximum absolute atomic E-state index is 11.9. The lowest BCUT2D eigenvalue weighted by Gasteiger charge is -2.05. The number of furan rings is 1. The van der Waals surface area contributed by atoms with Gasteiger partial charge in [-0.15, -0.1) is 0 Å². The van der Waals surface area contributed by atoms with Crippen LogP contribution in [-0.2, 0) is 4.79 Å². The zero-order valence-electron chi connectivity index (χ0n) is 13.1. The molecule has 10 heteroatoms. The van der Waals surface area contributed by atoms with E-state index >= 15 is 0 Å². The van der Waals surface area contributed by atoms with Crippen LogP contribution >= 0.6 is 0 Å². The van der Waals surface area contributed by atoms with Gasteiger partial charge in [-0.25, -0.2) is 5.43 Å². The van der Waals surface area contributed by atoms with E-state index in [0.29, 0.717) is 11.3 Å². The van der Waals surface area contributed by atoms with Crippen molar-refractivity contribution in [1.82, 2.24) is 10.7 Å². The van der Waals surface area contributed by atoms with Gasteiger partial charge < -0.3 is 14.5 Å². The third kappa shape index (κ3) is 5.16. The fraction of sp³-hybridized carbons (Fsp3) is 0.133. The molecule has 0 bridgehead atoms. The number of carbonyl (C=O) groups is 2. The Kier molecular flexibility index (Phi) is 5.82. The van der Waals surface area contributed by atoms with Crippen molar-refractivity contribution in [2.45, 2.75) is 0 Å². The number of nitrogens with one attached hydrogen (secondary N) is 2. The van der Waals surface area contributed by atoms with Crippen LogP contribution in [0.3, 0.4) is 0 Å². The van der Waals surface area contributed by atoms with Crippen molar-refractivity contribution in [3.05, 3.63) is 57.8 Å². The fourth-order valence-corrected chi connectivity index (χ4v) is 1.74. The van der Waals surface area contributed by atoms with Crippen LogP contribution in [0.4, 0.5) is 5.88 Å². The highest BCUT2D eigenvalue weighted by atomic mass is 16.6. The Morgan fingerprint density at radius 2 is 2.16 bits per heavy atom. The molecular formula is C15H14N4O6. The molecule has 0 radical (unpaired) electrons. The minimum Gasteiger partial charge on any atom is -0.497 e. The molecule has 0 spiro atoms. The number of ether oxygens (including phenoxy) is 1. The van der Waals surface area contributed by atoms with Crippen molar-refractivity contribution in [3.8, 4) is 5.75 Å². The van der Waals surface area contributed by atoms with Crippen molar-refractivity contribution in [3.63, 3.8) is 0 Å². The standard InChI is InChI=1S/C15H14N4O6/c1-24-11-4-2-3-10(7-11)15(21)16-9-13(20)18-17-8-12-5-6-14(25-12)19(22)23/h2-8H,9H2,1H3,(H,16,21)(H,18,20)/b17-8-. The minimum atomic E-state index is -0.690. The van der Waals surface area contributed by atoms with Gasteiger partial charge in [-0.05, 0) is 24.3 Å². The van der Waals surface area contributed by atoms with Crippen molar-refractivity contribution in [2.75, 3.05) is 13.7 Å². The summed E-state index contributed by atoms with van der Waals surface area (Å²) in [5.74, 6) is -0.826. The highest BCUT2D eigenvalue weighted by molar-refractivity contribution is 5.96. The Morgan fingerprint density at radius 3 is 2.84 bits per heavy atom. The molecule has 0 saturated heterocycles. The molecule has 1 aromatic carbocycles. The highest BCUT2D eigenvalue weighted by Gasteiger charge is 2.11. The quantitative estimate of drug-likeness (QED) is 0.437. The molecule has 0 aliphatic carbocycles. The Bertz CT molecular complexity index is 814. The lowest BCUT2D eigenvalue weighted by Crippen LogP contribution is -2.34. The Balaban J connectivity index is 1.80. The number of benzene rings is 1. The minimum absolute atomic E-state index is 0.104. The van der Waals surface area contributed by atoms with Crippen LogP contribution in [0.1, 0.15) is 16.1 Å². The monoisotopic (exact) mass is 346 g/mol. The average molecular weight is 346 g/mol. The normalized spacial score (nSPS) is 10.4. The van der Waals surface area contributed by atoms with E-state index in [1.54, 1.807) is 18.2 Å². The number of hydrazone groups is 1. The molecule has 0 saturated carbocycles. The maximum Gasteiger partial charge on any atom is 0.433 e. The second-order valence-electron chi connectivity index (χ2n) is 4.64. The van der Waals surface area contributed by atoms with Crippen LogP contribution in [-0.4, -0.2) is 36.6 Å². The summed E-state index contributed by atoms with van der Waals surface area (Å²) in [4.78, 5) is 33.3. The first-order chi connectivity index (χ1) is 12.0. The number of carbonyl (C=O) groups excluding carboxylic acids is 2. The Hall–Kier alpha value is -3.69. The van der Waals surface area contributed by atoms with Crippen LogP contribution in [0.15, 0.2) is 45.9 Å². The van der Waals surface area contributed by atoms with Crippen LogP contribution in [0.25, 0.3) is 0 Å². The van der Waals surface area contributed by atoms with Crippen molar-refractivity contribution < 1.29 is 23.7 Å². The van der Waals surface area contributed by atoms with Crippen molar-refractivity contribution in [1.29, 1.82) is 0 Å². The van der Waals surface area contributed by atoms with E-state index in [-0.39, 0.29) is 12.3 Å². The van der Waals surface area contributed by atoms with Crippen LogP contribution in [0.5, 0.6) is 5.75 Å². The van der Waals surface area contributed by atoms with Crippen molar-refractivity contribution >= 4 is 23.9 Å². The molecule has 0 aliphatic heterocycles. The Morgan fingerprint density at radius 1 is 1.36 bits per heavy atom. The first kappa shape index (κ1) is 17.7. The number of rotatable bonds is 7. The fourth-order valence-electron chi connectivity index (χ4n) is 1.74. The predicted molar refractivity (Wildman–Crippen MR) is 86.4 cm³/mol. The van der Waals surface area contributed by atoms with E-state index in [1.165, 1.54) is 19.2 Å². The molecular weight excluding hydrogens is 332 g/mol. The summed E-state index contributed by atoms with van der Waals surface area (Å²) in [6, 6.07) is 8.96. The van der Waals surface area contributed by atoms with E-state index in [1.807, 2.05) is 0 Å². The van der Waals surface area contributed by atoms with Gasteiger partial charge in [0, 0.05) is 5.56 Å². The molecule has 2 amide bonds. The summed E-state index contributed by atoms with van der Waals surface area (Å²) in [5, 5.41) is 16.5. The summed E-state index contributed by atoms with van der Waals surface area (Å²) in [7, 11) is 1.48. The van der Waals surface area contributed by atoms with Gasteiger partial charge in [-0.3, -0.25) is 19.7 Å². The highest BCUT2D eigenvalue weighted by Crippen LogP contribution is 2.13. The lowest BCUT2D eigenvalue weighted by molar-refractivity contribution is -0.402. The molecule has 2 aromatic rings. The maximum atomic E-state index is 11.9. The van der Waals surface area contributed by atoms with E-state index in [4.69, 9.17) is 9.15 Å². The van der Waals surface area contributed by atoms with E-state index in [2.05, 4.69) is 15.8 Å². The van der Waals surface area contributed by atoms with Gasteiger partial charge in [0.2, 0.25) is 0 Å². The Labute approximate surface area is 141 Å². The van der Waals surface area contributed by atoms with Gasteiger partial charge in [0.25, 0.3) is 11.8 Å². The molecule has 0 unspecified atom stereocenters. The summed E-state index contributed by atoms with van der Waals surface area (Å²) in [5.41, 5.74) is 2.51. The van der Waals surface area contributed by atoms with Gasteiger partial charge in [0.15, 0.2) is 5.76 Å². The number of hydrogen-bond donors (Lipinski definition) is 2. The molecule has 0 aliphatic rings. The molecule has 0 atom stereocenters.